The van der Waals surface area contributed by atoms with Gasteiger partial charge >= 0.3 is 0 Å². The molecule has 0 aliphatic carbocycles. The Hall–Kier alpha value is 0. The van der Waals surface area contributed by atoms with Gasteiger partial charge in [0, 0.05) is 0 Å². The Kier molecular flexibility index (Phi) is 16.4. The Morgan fingerprint density at radius 1 is 0.381 bits per heavy atom. The first-order chi connectivity index (χ1) is 10.3. The van der Waals surface area contributed by atoms with E-state index in [4.69, 9.17) is 0 Å². The molecule has 0 heteroatoms. The monoisotopic (exact) mass is 296 g/mol. The lowest BCUT2D eigenvalue weighted by Crippen LogP contribution is -2.05. The van der Waals surface area contributed by atoms with Gasteiger partial charge in [0.2, 0.25) is 0 Å². The third-order valence-electron chi connectivity index (χ3n) is 5.07. The summed E-state index contributed by atoms with van der Waals surface area (Å²) in [6.45, 7) is 9.35. The minimum absolute atomic E-state index is 1.03. The first kappa shape index (κ1) is 21.0. The molecule has 0 aromatic rings. The van der Waals surface area contributed by atoms with Crippen molar-refractivity contribution in [2.75, 3.05) is 0 Å². The van der Waals surface area contributed by atoms with Crippen LogP contribution in [-0.2, 0) is 0 Å². The van der Waals surface area contributed by atoms with Crippen LogP contribution in [0.3, 0.4) is 0 Å². The van der Waals surface area contributed by atoms with E-state index in [0.29, 0.717) is 0 Å². The van der Waals surface area contributed by atoms with E-state index in [1.54, 1.807) is 0 Å². The molecule has 128 valence electrons. The Morgan fingerprint density at radius 2 is 0.810 bits per heavy atom. The molecule has 21 heavy (non-hydrogen) atoms. The molecule has 0 rings (SSSR count). The molecule has 0 spiro atoms. The highest BCUT2D eigenvalue weighted by Gasteiger charge is 2.11. The van der Waals surface area contributed by atoms with Crippen molar-refractivity contribution in [3.8, 4) is 0 Å². The van der Waals surface area contributed by atoms with Crippen LogP contribution in [0.25, 0.3) is 0 Å². The minimum Gasteiger partial charge on any atom is -0.0654 e. The summed E-state index contributed by atoms with van der Waals surface area (Å²) in [5.74, 6) is 2.06. The van der Waals surface area contributed by atoms with Crippen molar-refractivity contribution in [2.45, 2.75) is 124 Å². The van der Waals surface area contributed by atoms with Gasteiger partial charge in [-0.15, -0.1) is 0 Å². The maximum atomic E-state index is 2.35. The number of hydrogen-bond donors (Lipinski definition) is 0. The molecular formula is C21H44. The summed E-state index contributed by atoms with van der Waals surface area (Å²) in [5.41, 5.74) is 0. The molecule has 0 fully saturated rings. The van der Waals surface area contributed by atoms with Crippen LogP contribution in [0.5, 0.6) is 0 Å². The average Bonchev–Trinajstić information content (AvgIpc) is 2.49. The molecule has 0 amide bonds. The summed E-state index contributed by atoms with van der Waals surface area (Å²) in [4.78, 5) is 0. The number of hydrogen-bond acceptors (Lipinski definition) is 0. The van der Waals surface area contributed by atoms with Gasteiger partial charge in [-0.25, -0.2) is 0 Å². The van der Waals surface area contributed by atoms with Crippen molar-refractivity contribution in [3.63, 3.8) is 0 Å². The zero-order valence-corrected chi connectivity index (χ0v) is 15.8. The Bertz CT molecular complexity index is 184. The molecule has 0 aromatic carbocycles. The smallest absolute Gasteiger partial charge is 0.0414 e. The van der Waals surface area contributed by atoms with E-state index >= 15 is 0 Å². The maximum absolute atomic E-state index is 2.35. The second-order valence-corrected chi connectivity index (χ2v) is 7.23. The Morgan fingerprint density at radius 3 is 1.29 bits per heavy atom. The molecular weight excluding hydrogens is 252 g/mol. The first-order valence-corrected chi connectivity index (χ1v) is 10.3. The van der Waals surface area contributed by atoms with Crippen LogP contribution >= 0.6 is 0 Å². The van der Waals surface area contributed by atoms with Crippen LogP contribution in [0.1, 0.15) is 124 Å². The fourth-order valence-electron chi connectivity index (χ4n) is 3.64. The Labute approximate surface area is 136 Å². The minimum atomic E-state index is 1.03. The van der Waals surface area contributed by atoms with E-state index in [-0.39, 0.29) is 0 Å². The van der Waals surface area contributed by atoms with Crippen molar-refractivity contribution in [1.29, 1.82) is 0 Å². The molecule has 2 unspecified atom stereocenters. The van der Waals surface area contributed by atoms with Gasteiger partial charge in [-0.3, -0.25) is 0 Å². The lowest BCUT2D eigenvalue weighted by Gasteiger charge is -2.19. The van der Waals surface area contributed by atoms with Crippen molar-refractivity contribution in [2.24, 2.45) is 11.8 Å². The van der Waals surface area contributed by atoms with Crippen molar-refractivity contribution >= 4 is 0 Å². The molecule has 2 atom stereocenters. The van der Waals surface area contributed by atoms with Crippen LogP contribution in [0, 0.1) is 11.8 Å². The van der Waals surface area contributed by atoms with Gasteiger partial charge in [0.15, 0.2) is 0 Å². The zero-order chi connectivity index (χ0) is 15.8. The van der Waals surface area contributed by atoms with Gasteiger partial charge in [0.05, 0.1) is 0 Å². The van der Waals surface area contributed by atoms with Crippen LogP contribution < -0.4 is 0 Å². The molecule has 0 bridgehead atoms. The predicted octanol–water partition coefficient (Wildman–Crippen LogP) is 8.15. The maximum Gasteiger partial charge on any atom is -0.0414 e. The summed E-state index contributed by atoms with van der Waals surface area (Å²) in [7, 11) is 0. The quantitative estimate of drug-likeness (QED) is 0.252. The highest BCUT2D eigenvalue weighted by atomic mass is 14.2. The normalized spacial score (nSPS) is 14.3. The van der Waals surface area contributed by atoms with Gasteiger partial charge < -0.3 is 0 Å². The fourth-order valence-corrected chi connectivity index (χ4v) is 3.64. The third-order valence-corrected chi connectivity index (χ3v) is 5.07. The summed E-state index contributed by atoms with van der Waals surface area (Å²) in [6.07, 6.45) is 21.8. The summed E-state index contributed by atoms with van der Waals surface area (Å²) in [6, 6.07) is 0. The SMILES string of the molecule is CCCCCC(CCCC)CCCC(CCC)CCCC. The summed E-state index contributed by atoms with van der Waals surface area (Å²) >= 11 is 0. The van der Waals surface area contributed by atoms with Gasteiger partial charge in [-0.1, -0.05) is 124 Å². The number of rotatable bonds is 16. The van der Waals surface area contributed by atoms with E-state index in [1.807, 2.05) is 0 Å². The van der Waals surface area contributed by atoms with Crippen molar-refractivity contribution < 1.29 is 0 Å². The largest absolute Gasteiger partial charge is 0.0654 e. The molecule has 0 heterocycles. The van der Waals surface area contributed by atoms with Crippen molar-refractivity contribution in [1.82, 2.24) is 0 Å². The topological polar surface area (TPSA) is 0 Å². The lowest BCUT2D eigenvalue weighted by molar-refractivity contribution is 0.336. The van der Waals surface area contributed by atoms with Gasteiger partial charge in [0.25, 0.3) is 0 Å². The number of unbranched alkanes of at least 4 members (excludes halogenated alkanes) is 4. The van der Waals surface area contributed by atoms with Crippen LogP contribution in [0.15, 0.2) is 0 Å². The van der Waals surface area contributed by atoms with E-state index < -0.39 is 0 Å². The van der Waals surface area contributed by atoms with Crippen molar-refractivity contribution in [3.05, 3.63) is 0 Å². The molecule has 0 radical (unpaired) electrons. The Balaban J connectivity index is 3.93. The molecule has 0 N–H and O–H groups in total. The third kappa shape index (κ3) is 13.4. The fraction of sp³-hybridized carbons (Fsp3) is 1.00. The molecule has 0 aliphatic rings. The van der Waals surface area contributed by atoms with E-state index in [9.17, 15) is 0 Å². The van der Waals surface area contributed by atoms with Crippen LogP contribution in [0.2, 0.25) is 0 Å². The van der Waals surface area contributed by atoms with Gasteiger partial charge in [-0.05, 0) is 11.8 Å². The zero-order valence-electron chi connectivity index (χ0n) is 15.8. The average molecular weight is 297 g/mol. The van der Waals surface area contributed by atoms with E-state index in [2.05, 4.69) is 27.7 Å². The second kappa shape index (κ2) is 16.4. The molecule has 0 nitrogen and oxygen atoms in total. The molecule has 0 saturated heterocycles. The molecule has 0 saturated carbocycles. The van der Waals surface area contributed by atoms with E-state index in [0.717, 1.165) is 11.8 Å². The first-order valence-electron chi connectivity index (χ1n) is 10.3. The highest BCUT2D eigenvalue weighted by Crippen LogP contribution is 2.26. The van der Waals surface area contributed by atoms with Gasteiger partial charge in [0.1, 0.15) is 0 Å². The summed E-state index contributed by atoms with van der Waals surface area (Å²) < 4.78 is 0. The second-order valence-electron chi connectivity index (χ2n) is 7.23. The summed E-state index contributed by atoms with van der Waals surface area (Å²) in [5, 5.41) is 0. The van der Waals surface area contributed by atoms with Gasteiger partial charge in [-0.2, -0.15) is 0 Å². The lowest BCUT2D eigenvalue weighted by atomic mass is 9.86. The van der Waals surface area contributed by atoms with Crippen LogP contribution in [-0.4, -0.2) is 0 Å². The molecule has 0 aliphatic heterocycles. The van der Waals surface area contributed by atoms with Crippen LogP contribution in [0.4, 0.5) is 0 Å². The predicted molar refractivity (Wildman–Crippen MR) is 98.9 cm³/mol. The van der Waals surface area contributed by atoms with E-state index in [1.165, 1.54) is 96.3 Å². The standard InChI is InChI=1S/C21H44/c1-5-9-12-17-21(16-11-7-3)19-13-18-20(14-8-4)15-10-6-2/h20-21H,5-19H2,1-4H3. The highest BCUT2D eigenvalue weighted by molar-refractivity contribution is 4.64. The molecule has 0 aromatic heterocycles.